The summed E-state index contributed by atoms with van der Waals surface area (Å²) in [7, 11) is 0. The number of ether oxygens (including phenoxy) is 1. The van der Waals surface area contributed by atoms with Gasteiger partial charge in [-0.15, -0.1) is 0 Å². The van der Waals surface area contributed by atoms with Crippen molar-refractivity contribution < 1.29 is 36.2 Å². The molecule has 0 unspecified atom stereocenters. The summed E-state index contributed by atoms with van der Waals surface area (Å²) in [6.07, 6.45) is 0. The Balaban J connectivity index is 0. The van der Waals surface area contributed by atoms with Crippen molar-refractivity contribution in [1.82, 2.24) is 0 Å². The van der Waals surface area contributed by atoms with E-state index in [4.69, 9.17) is 5.73 Å². The molecule has 0 aromatic heterocycles. The zero-order chi connectivity index (χ0) is 7.28. The fraction of sp³-hybridized carbons (Fsp3) is 0.500. The summed E-state index contributed by atoms with van der Waals surface area (Å²) in [4.78, 5) is 19.3. The molecule has 0 saturated carbocycles. The number of aliphatic carboxylic acids is 1. The molecule has 6 heteroatoms. The number of rotatable bonds is 4. The normalized spacial score (nSPS) is 8.00. The molecule has 1 N–H and O–H groups in total. The van der Waals surface area contributed by atoms with E-state index < -0.39 is 25.1 Å². The third kappa shape index (κ3) is 10.4. The number of hydrogen-bond donors (Lipinski definition) is 0. The Kier molecular flexibility index (Phi) is 7.91. The third-order valence-corrected chi connectivity index (χ3v) is 0.453. The minimum atomic E-state index is -1.39. The fourth-order valence-corrected chi connectivity index (χ4v) is 0.227. The van der Waals surface area contributed by atoms with Gasteiger partial charge in [-0.05, 0) is 0 Å². The predicted molar refractivity (Wildman–Crippen MR) is 25.2 cm³/mol. The molecule has 0 rings (SSSR count). The van der Waals surface area contributed by atoms with Crippen LogP contribution < -0.4 is 5.11 Å². The molecule has 0 bridgehead atoms. The molecule has 0 atom stereocenters. The quantitative estimate of drug-likeness (QED) is 0.529. The number of carboxylic acid groups (broad SMARTS) is 1. The first-order chi connectivity index (χ1) is 4.13. The average Bonchev–Trinajstić information content (AvgIpc) is 1.63. The van der Waals surface area contributed by atoms with Crippen molar-refractivity contribution in [2.45, 2.75) is 0 Å². The van der Waals surface area contributed by atoms with Gasteiger partial charge in [0.1, 0.15) is 0 Å². The predicted octanol–water partition coefficient (Wildman–Crippen LogP) is -1.67. The van der Waals surface area contributed by atoms with E-state index in [9.17, 15) is 14.7 Å². The van der Waals surface area contributed by atoms with E-state index in [2.05, 4.69) is 4.74 Å². The summed E-state index contributed by atoms with van der Waals surface area (Å²) in [5.41, 5.74) is 6.24. The Bertz CT molecular complexity index is 112. The zero-order valence-electron chi connectivity index (χ0n) is 4.88. The third-order valence-electron chi connectivity index (χ3n) is 0.453. The van der Waals surface area contributed by atoms with Crippen LogP contribution in [0.2, 0.25) is 0 Å². The van der Waals surface area contributed by atoms with Gasteiger partial charge in [0.2, 0.25) is 0 Å². The van der Waals surface area contributed by atoms with Gasteiger partial charge in [0.05, 0.1) is 25.1 Å². The maximum Gasteiger partial charge on any atom is 2.00 e. The van der Waals surface area contributed by atoms with Gasteiger partial charge < -0.3 is 25.2 Å². The maximum atomic E-state index is 9.75. The van der Waals surface area contributed by atoms with E-state index in [1.54, 1.807) is 0 Å². The molecule has 0 fully saturated rings. The summed E-state index contributed by atoms with van der Waals surface area (Å²) >= 11 is 0. The largest absolute Gasteiger partial charge is 2.00 e. The van der Waals surface area contributed by atoms with Gasteiger partial charge >= 0.3 is 16.8 Å². The van der Waals surface area contributed by atoms with Crippen molar-refractivity contribution >= 4 is 11.9 Å². The van der Waals surface area contributed by atoms with Crippen LogP contribution in [0.4, 0.5) is 0 Å². The van der Waals surface area contributed by atoms with Crippen LogP contribution in [-0.4, -0.2) is 25.1 Å². The second-order valence-electron chi connectivity index (χ2n) is 1.29. The van der Waals surface area contributed by atoms with Gasteiger partial charge in [0.15, 0.2) is 0 Å². The smallest absolute Gasteiger partial charge is 0.666 e. The Labute approximate surface area is 67.7 Å². The average molecular weight is 190 g/mol. The molecule has 0 aliphatic carbocycles. The summed E-state index contributed by atoms with van der Waals surface area (Å²) in [5, 5.41) is 9.57. The Morgan fingerprint density at radius 3 is 2.20 bits per heavy atom. The van der Waals surface area contributed by atoms with Crippen molar-refractivity contribution in [3.63, 3.8) is 0 Å². The van der Waals surface area contributed by atoms with E-state index in [-0.39, 0.29) is 16.8 Å². The van der Waals surface area contributed by atoms with Gasteiger partial charge in [0.25, 0.3) is 0 Å². The van der Waals surface area contributed by atoms with Gasteiger partial charge in [-0.2, -0.15) is 0 Å². The molecule has 0 aliphatic heterocycles. The molecule has 59 valence electrons. The first kappa shape index (κ1) is 12.1. The number of hydrogen-bond acceptors (Lipinski definition) is 4. The monoisotopic (exact) mass is 190 g/mol. The van der Waals surface area contributed by atoms with Crippen molar-refractivity contribution in [3.05, 3.63) is 5.73 Å². The molecule has 1 radical (unpaired) electrons. The maximum absolute atomic E-state index is 9.75. The second kappa shape index (κ2) is 6.53. The molecule has 0 spiro atoms. The van der Waals surface area contributed by atoms with Crippen LogP contribution in [-0.2, 0) is 31.1 Å². The van der Waals surface area contributed by atoms with Crippen molar-refractivity contribution in [2.24, 2.45) is 0 Å². The molecular weight excluding hydrogens is 185 g/mol. The topological polar surface area (TPSA) is 90.2 Å². The molecule has 10 heavy (non-hydrogen) atoms. The van der Waals surface area contributed by atoms with Gasteiger partial charge in [-0.25, -0.2) is 0 Å². The SMILES string of the molecule is [Co+2].[NH-]C(=O)COCC(=O)[O-]. The number of carbonyl (C=O) groups is 2. The standard InChI is InChI=1S/C4H7NO4.Co/c5-3(6)1-9-2-4(7)8;/h1-2H2,(H3,5,6,7,8);/q;+2/p-2. The van der Waals surface area contributed by atoms with Crippen LogP contribution in [0.3, 0.4) is 0 Å². The number of nitrogens with one attached hydrogen (secondary N) is 1. The minimum Gasteiger partial charge on any atom is -0.666 e. The van der Waals surface area contributed by atoms with Gasteiger partial charge in [-0.3, -0.25) is 0 Å². The molecule has 0 heterocycles. The van der Waals surface area contributed by atoms with Crippen LogP contribution in [0.15, 0.2) is 0 Å². The van der Waals surface area contributed by atoms with E-state index in [0.29, 0.717) is 0 Å². The van der Waals surface area contributed by atoms with Crippen molar-refractivity contribution in [3.8, 4) is 0 Å². The van der Waals surface area contributed by atoms with E-state index in [1.807, 2.05) is 0 Å². The molecule has 0 aromatic rings. The van der Waals surface area contributed by atoms with Crippen LogP contribution in [0.5, 0.6) is 0 Å². The van der Waals surface area contributed by atoms with Crippen molar-refractivity contribution in [1.29, 1.82) is 0 Å². The number of amides is 1. The van der Waals surface area contributed by atoms with E-state index >= 15 is 0 Å². The second-order valence-corrected chi connectivity index (χ2v) is 1.29. The first-order valence-corrected chi connectivity index (χ1v) is 2.15. The van der Waals surface area contributed by atoms with Gasteiger partial charge in [0, 0.05) is 0 Å². The molecule has 0 saturated heterocycles. The zero-order valence-corrected chi connectivity index (χ0v) is 5.92. The van der Waals surface area contributed by atoms with Crippen LogP contribution in [0.1, 0.15) is 0 Å². The number of carboxylic acids is 1. The number of carbonyl (C=O) groups excluding carboxylic acids is 2. The molecular formula is C4H5CoNO4. The minimum absolute atomic E-state index is 0. The Hall–Kier alpha value is -0.594. The summed E-state index contributed by atoms with van der Waals surface area (Å²) < 4.78 is 4.16. The molecule has 0 aliphatic rings. The summed E-state index contributed by atoms with van der Waals surface area (Å²) in [6.45, 7) is -1.13. The van der Waals surface area contributed by atoms with E-state index in [1.165, 1.54) is 0 Å². The van der Waals surface area contributed by atoms with Crippen LogP contribution in [0.25, 0.3) is 5.73 Å². The van der Waals surface area contributed by atoms with Crippen LogP contribution >= 0.6 is 0 Å². The van der Waals surface area contributed by atoms with Gasteiger partial charge in [-0.1, -0.05) is 0 Å². The summed E-state index contributed by atoms with van der Waals surface area (Å²) in [5.74, 6) is -2.34. The first-order valence-electron chi connectivity index (χ1n) is 2.15. The molecule has 0 aromatic carbocycles. The fourth-order valence-electron chi connectivity index (χ4n) is 0.227. The van der Waals surface area contributed by atoms with E-state index in [0.717, 1.165) is 0 Å². The molecule has 5 nitrogen and oxygen atoms in total. The Morgan fingerprint density at radius 2 is 1.90 bits per heavy atom. The molecule has 1 amide bonds. The van der Waals surface area contributed by atoms with Crippen LogP contribution in [0, 0.1) is 0 Å². The van der Waals surface area contributed by atoms with Crippen molar-refractivity contribution in [2.75, 3.05) is 13.2 Å². The Morgan fingerprint density at radius 1 is 1.40 bits per heavy atom. The summed E-state index contributed by atoms with van der Waals surface area (Å²) in [6, 6.07) is 0.